The maximum absolute atomic E-state index is 12.0. The molecule has 2 N–H and O–H groups in total. The normalized spacial score (nSPS) is 19.7. The van der Waals surface area contributed by atoms with E-state index in [-0.39, 0.29) is 24.4 Å². The summed E-state index contributed by atoms with van der Waals surface area (Å²) in [6.45, 7) is 6.44. The van der Waals surface area contributed by atoms with Crippen LogP contribution in [0.5, 0.6) is 0 Å². The highest BCUT2D eigenvalue weighted by molar-refractivity contribution is 5.87. The van der Waals surface area contributed by atoms with E-state index < -0.39 is 0 Å². The first-order chi connectivity index (χ1) is 8.50. The fourth-order valence-electron chi connectivity index (χ4n) is 1.66. The minimum absolute atomic E-state index is 0.0870. The van der Waals surface area contributed by atoms with Crippen molar-refractivity contribution in [3.63, 3.8) is 0 Å². The molecule has 0 aromatic rings. The van der Waals surface area contributed by atoms with Crippen LogP contribution >= 0.6 is 0 Å². The summed E-state index contributed by atoms with van der Waals surface area (Å²) in [6.07, 6.45) is 0. The van der Waals surface area contributed by atoms with Gasteiger partial charge in [0.1, 0.15) is 6.04 Å². The Morgan fingerprint density at radius 1 is 1.50 bits per heavy atom. The monoisotopic (exact) mass is 257 g/mol. The van der Waals surface area contributed by atoms with E-state index in [0.717, 1.165) is 0 Å². The molecule has 1 aliphatic rings. The molecule has 0 aromatic heterocycles. The van der Waals surface area contributed by atoms with E-state index in [9.17, 15) is 9.59 Å². The number of amides is 2. The first kappa shape index (κ1) is 14.9. The van der Waals surface area contributed by atoms with Crippen LogP contribution in [0.25, 0.3) is 0 Å². The van der Waals surface area contributed by atoms with Crippen molar-refractivity contribution < 1.29 is 14.3 Å². The number of morpholine rings is 1. The second kappa shape index (κ2) is 7.33. The minimum atomic E-state index is -0.332. The molecule has 0 radical (unpaired) electrons. The Labute approximate surface area is 108 Å². The molecule has 6 nitrogen and oxygen atoms in total. The van der Waals surface area contributed by atoms with E-state index >= 15 is 0 Å². The Morgan fingerprint density at radius 3 is 2.78 bits per heavy atom. The smallest absolute Gasteiger partial charge is 0.242 e. The lowest BCUT2D eigenvalue weighted by Gasteiger charge is -2.27. The van der Waals surface area contributed by atoms with Gasteiger partial charge in [0, 0.05) is 20.1 Å². The number of rotatable bonds is 5. The van der Waals surface area contributed by atoms with E-state index in [1.807, 2.05) is 13.8 Å². The van der Waals surface area contributed by atoms with Gasteiger partial charge >= 0.3 is 0 Å². The first-order valence-electron chi connectivity index (χ1n) is 6.33. The average Bonchev–Trinajstić information content (AvgIpc) is 2.36. The number of carbonyl (C=O) groups is 2. The maximum atomic E-state index is 12.0. The molecule has 1 heterocycles. The van der Waals surface area contributed by atoms with E-state index in [4.69, 9.17) is 4.74 Å². The number of hydrogen-bond donors (Lipinski definition) is 2. The van der Waals surface area contributed by atoms with Gasteiger partial charge in [-0.05, 0) is 5.92 Å². The minimum Gasteiger partial charge on any atom is -0.378 e. The Morgan fingerprint density at radius 2 is 2.22 bits per heavy atom. The Balaban J connectivity index is 2.32. The SMILES string of the molecule is CC(C)CNC(=O)CN(C)C(=O)C1COCCN1. The van der Waals surface area contributed by atoms with Crippen molar-refractivity contribution in [1.29, 1.82) is 0 Å². The van der Waals surface area contributed by atoms with Gasteiger partial charge in [-0.15, -0.1) is 0 Å². The largest absolute Gasteiger partial charge is 0.378 e. The fourth-order valence-corrected chi connectivity index (χ4v) is 1.66. The van der Waals surface area contributed by atoms with Crippen molar-refractivity contribution in [3.8, 4) is 0 Å². The molecule has 0 saturated carbocycles. The second-order valence-corrected chi connectivity index (χ2v) is 4.97. The number of ether oxygens (including phenoxy) is 1. The number of nitrogens with one attached hydrogen (secondary N) is 2. The van der Waals surface area contributed by atoms with Crippen molar-refractivity contribution in [2.75, 3.05) is 39.9 Å². The van der Waals surface area contributed by atoms with Crippen molar-refractivity contribution in [1.82, 2.24) is 15.5 Å². The van der Waals surface area contributed by atoms with E-state index in [1.165, 1.54) is 4.90 Å². The molecule has 1 fully saturated rings. The van der Waals surface area contributed by atoms with Gasteiger partial charge in [0.2, 0.25) is 11.8 Å². The van der Waals surface area contributed by atoms with Gasteiger partial charge in [-0.1, -0.05) is 13.8 Å². The summed E-state index contributed by atoms with van der Waals surface area (Å²) in [7, 11) is 1.63. The lowest BCUT2D eigenvalue weighted by molar-refractivity contribution is -0.138. The van der Waals surface area contributed by atoms with E-state index in [0.29, 0.717) is 32.2 Å². The van der Waals surface area contributed by atoms with Crippen LogP contribution in [0, 0.1) is 5.92 Å². The van der Waals surface area contributed by atoms with Crippen molar-refractivity contribution in [3.05, 3.63) is 0 Å². The van der Waals surface area contributed by atoms with Crippen LogP contribution in [0.15, 0.2) is 0 Å². The topological polar surface area (TPSA) is 70.7 Å². The summed E-state index contributed by atoms with van der Waals surface area (Å²) in [5.41, 5.74) is 0. The summed E-state index contributed by atoms with van der Waals surface area (Å²) in [5.74, 6) is 0.175. The zero-order chi connectivity index (χ0) is 13.5. The molecule has 1 aliphatic heterocycles. The van der Waals surface area contributed by atoms with Crippen LogP contribution < -0.4 is 10.6 Å². The molecule has 0 spiro atoms. The molecule has 6 heteroatoms. The maximum Gasteiger partial charge on any atom is 0.242 e. The van der Waals surface area contributed by atoms with Crippen LogP contribution in [-0.4, -0.2) is 62.7 Å². The highest BCUT2D eigenvalue weighted by Gasteiger charge is 2.25. The highest BCUT2D eigenvalue weighted by atomic mass is 16.5. The summed E-state index contributed by atoms with van der Waals surface area (Å²) < 4.78 is 5.23. The Hall–Kier alpha value is -1.14. The Kier molecular flexibility index (Phi) is 6.07. The fraction of sp³-hybridized carbons (Fsp3) is 0.833. The zero-order valence-corrected chi connectivity index (χ0v) is 11.4. The molecule has 0 bridgehead atoms. The number of nitrogens with zero attached hydrogens (tertiary/aromatic N) is 1. The molecule has 1 atom stereocenters. The predicted molar refractivity (Wildman–Crippen MR) is 68.1 cm³/mol. The third-order valence-corrected chi connectivity index (χ3v) is 2.68. The Bertz CT molecular complexity index is 288. The van der Waals surface area contributed by atoms with Gasteiger partial charge in [0.15, 0.2) is 0 Å². The summed E-state index contributed by atoms with van der Waals surface area (Å²) in [6, 6.07) is -0.332. The van der Waals surface area contributed by atoms with Gasteiger partial charge in [-0.3, -0.25) is 9.59 Å². The van der Waals surface area contributed by atoms with Crippen LogP contribution in [0.4, 0.5) is 0 Å². The molecule has 1 rings (SSSR count). The molecule has 2 amide bonds. The van der Waals surface area contributed by atoms with Crippen molar-refractivity contribution >= 4 is 11.8 Å². The molecule has 1 saturated heterocycles. The van der Waals surface area contributed by atoms with Crippen molar-refractivity contribution in [2.24, 2.45) is 5.92 Å². The molecular formula is C12H23N3O3. The molecule has 104 valence electrons. The average molecular weight is 257 g/mol. The molecule has 0 aliphatic carbocycles. The van der Waals surface area contributed by atoms with Crippen LogP contribution in [0.2, 0.25) is 0 Å². The lowest BCUT2D eigenvalue weighted by atomic mass is 10.2. The molecule has 0 aromatic carbocycles. The summed E-state index contributed by atoms with van der Waals surface area (Å²) in [5, 5.41) is 5.86. The van der Waals surface area contributed by atoms with Gasteiger partial charge in [0.05, 0.1) is 19.8 Å². The number of hydrogen-bond acceptors (Lipinski definition) is 4. The van der Waals surface area contributed by atoms with Crippen molar-refractivity contribution in [2.45, 2.75) is 19.9 Å². The first-order valence-corrected chi connectivity index (χ1v) is 6.33. The van der Waals surface area contributed by atoms with Crippen LogP contribution in [-0.2, 0) is 14.3 Å². The van der Waals surface area contributed by atoms with Crippen LogP contribution in [0.1, 0.15) is 13.8 Å². The second-order valence-electron chi connectivity index (χ2n) is 4.97. The third kappa shape index (κ3) is 5.01. The molecule has 1 unspecified atom stereocenters. The van der Waals surface area contributed by atoms with Crippen LogP contribution in [0.3, 0.4) is 0 Å². The van der Waals surface area contributed by atoms with Gasteiger partial charge in [-0.25, -0.2) is 0 Å². The summed E-state index contributed by atoms with van der Waals surface area (Å²) in [4.78, 5) is 25.0. The van der Waals surface area contributed by atoms with Gasteiger partial charge < -0.3 is 20.3 Å². The lowest BCUT2D eigenvalue weighted by Crippen LogP contribution is -2.53. The number of likely N-dealkylation sites (N-methyl/N-ethyl adjacent to an activating group) is 1. The van der Waals surface area contributed by atoms with E-state index in [2.05, 4.69) is 10.6 Å². The quantitative estimate of drug-likeness (QED) is 0.677. The van der Waals surface area contributed by atoms with E-state index in [1.54, 1.807) is 7.05 Å². The number of carbonyl (C=O) groups excluding carboxylic acids is 2. The third-order valence-electron chi connectivity index (χ3n) is 2.68. The molecule has 18 heavy (non-hydrogen) atoms. The molecular weight excluding hydrogens is 234 g/mol. The standard InChI is InChI=1S/C12H23N3O3/c1-9(2)6-14-11(16)7-15(3)12(17)10-8-18-5-4-13-10/h9-10,13H,4-8H2,1-3H3,(H,14,16). The zero-order valence-electron chi connectivity index (χ0n) is 11.4. The predicted octanol–water partition coefficient (Wildman–Crippen LogP) is -0.795. The summed E-state index contributed by atoms with van der Waals surface area (Å²) >= 11 is 0. The highest BCUT2D eigenvalue weighted by Crippen LogP contribution is 1.98. The van der Waals surface area contributed by atoms with Gasteiger partial charge in [0.25, 0.3) is 0 Å². The van der Waals surface area contributed by atoms with Gasteiger partial charge in [-0.2, -0.15) is 0 Å².